The molecule has 0 bridgehead atoms. The Kier molecular flexibility index (Phi) is 2.93. The van der Waals surface area contributed by atoms with Crippen molar-refractivity contribution in [1.82, 2.24) is 9.55 Å². The van der Waals surface area contributed by atoms with Gasteiger partial charge in [0.2, 0.25) is 0 Å². The maximum absolute atomic E-state index is 10.7. The maximum Gasteiger partial charge on any atom is 0.325 e. The van der Waals surface area contributed by atoms with Crippen molar-refractivity contribution in [3.63, 3.8) is 0 Å². The van der Waals surface area contributed by atoms with Crippen molar-refractivity contribution in [1.29, 1.82) is 0 Å². The molecule has 0 aliphatic carbocycles. The molecule has 0 spiro atoms. The lowest BCUT2D eigenvalue weighted by Gasteiger charge is -2.09. The van der Waals surface area contributed by atoms with E-state index in [2.05, 4.69) is 4.98 Å². The third-order valence-electron chi connectivity index (χ3n) is 2.62. The Labute approximate surface area is 98.5 Å². The van der Waals surface area contributed by atoms with Gasteiger partial charge in [-0.25, -0.2) is 4.98 Å². The molecule has 17 heavy (non-hydrogen) atoms. The highest BCUT2D eigenvalue weighted by Gasteiger charge is 2.13. The van der Waals surface area contributed by atoms with Crippen molar-refractivity contribution in [2.45, 2.75) is 13.0 Å². The minimum absolute atomic E-state index is 0.582. The van der Waals surface area contributed by atoms with E-state index in [0.717, 1.165) is 11.5 Å². The Bertz CT molecular complexity index is 531. The lowest BCUT2D eigenvalue weighted by atomic mass is 10.1. The average molecular weight is 231 g/mol. The number of aliphatic carboxylic acids is 1. The second-order valence-corrected chi connectivity index (χ2v) is 3.75. The van der Waals surface area contributed by atoms with Crippen LogP contribution >= 0.6 is 0 Å². The second-order valence-electron chi connectivity index (χ2n) is 3.75. The first-order chi connectivity index (χ1) is 8.09. The molecule has 0 aliphatic rings. The normalized spacial score (nSPS) is 12.4. The van der Waals surface area contributed by atoms with Gasteiger partial charge in [-0.2, -0.15) is 0 Å². The number of hydrogen-bond donors (Lipinski definition) is 2. The Morgan fingerprint density at radius 3 is 2.53 bits per heavy atom. The van der Waals surface area contributed by atoms with Gasteiger partial charge in [-0.3, -0.25) is 4.79 Å². The number of rotatable bonds is 3. The number of nitrogens with zero attached hydrogens (tertiary/aromatic N) is 2. The molecule has 2 rings (SSSR count). The van der Waals surface area contributed by atoms with Crippen molar-refractivity contribution in [2.75, 3.05) is 0 Å². The molecule has 0 radical (unpaired) electrons. The van der Waals surface area contributed by atoms with Crippen molar-refractivity contribution in [3.05, 3.63) is 48.0 Å². The van der Waals surface area contributed by atoms with Crippen LogP contribution in [-0.2, 0) is 4.79 Å². The summed E-state index contributed by atoms with van der Waals surface area (Å²) in [6, 6.07) is 6.11. The van der Waals surface area contributed by atoms with Gasteiger partial charge in [-0.05, 0) is 24.6 Å². The van der Waals surface area contributed by atoms with E-state index in [1.807, 2.05) is 29.8 Å². The molecule has 88 valence electrons. The smallest absolute Gasteiger partial charge is 0.325 e. The first kappa shape index (κ1) is 11.3. The highest BCUT2D eigenvalue weighted by molar-refractivity contribution is 5.75. The standard InChI is InChI=1S/C12H13N3O2/c1-8-14-6-7-15(8)10-4-2-9(3-5-10)11(13)12(16)17/h2-7,11H,13H2,1H3,(H,16,17)/t11-/m0/s1. The molecule has 5 nitrogen and oxygen atoms in total. The number of carboxylic acid groups (broad SMARTS) is 1. The maximum atomic E-state index is 10.7. The molecule has 0 amide bonds. The number of carbonyl (C=O) groups is 1. The van der Waals surface area contributed by atoms with Crippen molar-refractivity contribution in [3.8, 4) is 5.69 Å². The van der Waals surface area contributed by atoms with Crippen LogP contribution in [0, 0.1) is 6.92 Å². The molecular formula is C12H13N3O2. The summed E-state index contributed by atoms with van der Waals surface area (Å²) in [4.78, 5) is 14.9. The molecule has 0 fully saturated rings. The Morgan fingerprint density at radius 2 is 2.06 bits per heavy atom. The van der Waals surface area contributed by atoms with Crippen molar-refractivity contribution in [2.24, 2.45) is 5.73 Å². The highest BCUT2D eigenvalue weighted by Crippen LogP contribution is 2.15. The number of nitrogens with two attached hydrogens (primary N) is 1. The first-order valence-electron chi connectivity index (χ1n) is 5.18. The Morgan fingerprint density at radius 1 is 1.41 bits per heavy atom. The zero-order valence-electron chi connectivity index (χ0n) is 9.37. The SMILES string of the molecule is Cc1nccn1-c1ccc([C@H](N)C(=O)O)cc1. The fraction of sp³-hybridized carbons (Fsp3) is 0.167. The Balaban J connectivity index is 2.31. The molecule has 2 aromatic rings. The molecule has 1 atom stereocenters. The summed E-state index contributed by atoms with van der Waals surface area (Å²) < 4.78 is 1.91. The summed E-state index contributed by atoms with van der Waals surface area (Å²) in [6.45, 7) is 1.90. The third-order valence-corrected chi connectivity index (χ3v) is 2.62. The van der Waals surface area contributed by atoms with Crippen LogP contribution in [0.5, 0.6) is 0 Å². The topological polar surface area (TPSA) is 81.1 Å². The van der Waals surface area contributed by atoms with E-state index in [1.54, 1.807) is 18.3 Å². The number of aryl methyl sites for hydroxylation is 1. The van der Waals surface area contributed by atoms with Crippen LogP contribution in [0.25, 0.3) is 5.69 Å². The van der Waals surface area contributed by atoms with Crippen LogP contribution in [0.3, 0.4) is 0 Å². The number of benzene rings is 1. The first-order valence-corrected chi connectivity index (χ1v) is 5.18. The molecule has 0 aliphatic heterocycles. The average Bonchev–Trinajstić information content (AvgIpc) is 2.74. The lowest BCUT2D eigenvalue weighted by Crippen LogP contribution is -2.20. The minimum Gasteiger partial charge on any atom is -0.480 e. The van der Waals surface area contributed by atoms with Crippen LogP contribution in [0.1, 0.15) is 17.4 Å². The molecule has 0 saturated heterocycles. The van der Waals surface area contributed by atoms with Crippen LogP contribution in [-0.4, -0.2) is 20.6 Å². The van der Waals surface area contributed by atoms with Gasteiger partial charge in [-0.15, -0.1) is 0 Å². The number of imidazole rings is 1. The number of carboxylic acids is 1. The van der Waals surface area contributed by atoms with Crippen LogP contribution in [0.4, 0.5) is 0 Å². The van der Waals surface area contributed by atoms with Gasteiger partial charge in [0.1, 0.15) is 11.9 Å². The van der Waals surface area contributed by atoms with Gasteiger partial charge in [0, 0.05) is 18.1 Å². The molecule has 5 heteroatoms. The minimum atomic E-state index is -1.03. The molecular weight excluding hydrogens is 218 g/mol. The van der Waals surface area contributed by atoms with E-state index < -0.39 is 12.0 Å². The molecule has 1 aromatic carbocycles. The second kappa shape index (κ2) is 4.39. The van der Waals surface area contributed by atoms with E-state index in [1.165, 1.54) is 0 Å². The van der Waals surface area contributed by atoms with E-state index in [9.17, 15) is 4.79 Å². The van der Waals surface area contributed by atoms with Crippen LogP contribution < -0.4 is 5.73 Å². The van der Waals surface area contributed by atoms with E-state index in [4.69, 9.17) is 10.8 Å². The zero-order valence-corrected chi connectivity index (χ0v) is 9.37. The lowest BCUT2D eigenvalue weighted by molar-refractivity contribution is -0.138. The van der Waals surface area contributed by atoms with Crippen LogP contribution in [0.15, 0.2) is 36.7 Å². The zero-order chi connectivity index (χ0) is 12.4. The highest BCUT2D eigenvalue weighted by atomic mass is 16.4. The van der Waals surface area contributed by atoms with E-state index >= 15 is 0 Å². The summed E-state index contributed by atoms with van der Waals surface area (Å²) in [5.41, 5.74) is 7.03. The van der Waals surface area contributed by atoms with Gasteiger partial charge in [-0.1, -0.05) is 12.1 Å². The predicted octanol–water partition coefficient (Wildman–Crippen LogP) is 1.27. The summed E-state index contributed by atoms with van der Waals surface area (Å²) in [7, 11) is 0. The molecule has 0 unspecified atom stereocenters. The fourth-order valence-electron chi connectivity index (χ4n) is 1.64. The van der Waals surface area contributed by atoms with Crippen LogP contribution in [0.2, 0.25) is 0 Å². The van der Waals surface area contributed by atoms with E-state index in [-0.39, 0.29) is 0 Å². The van der Waals surface area contributed by atoms with Gasteiger partial charge in [0.05, 0.1) is 0 Å². The Hall–Kier alpha value is -2.14. The van der Waals surface area contributed by atoms with Crippen molar-refractivity contribution < 1.29 is 9.90 Å². The largest absolute Gasteiger partial charge is 0.480 e. The van der Waals surface area contributed by atoms with Gasteiger partial charge >= 0.3 is 5.97 Å². The summed E-state index contributed by atoms with van der Waals surface area (Å²) >= 11 is 0. The monoisotopic (exact) mass is 231 g/mol. The number of hydrogen-bond acceptors (Lipinski definition) is 3. The number of aromatic nitrogens is 2. The molecule has 3 N–H and O–H groups in total. The van der Waals surface area contributed by atoms with Crippen molar-refractivity contribution >= 4 is 5.97 Å². The quantitative estimate of drug-likeness (QED) is 0.833. The molecule has 1 heterocycles. The fourth-order valence-corrected chi connectivity index (χ4v) is 1.64. The summed E-state index contributed by atoms with van der Waals surface area (Å²) in [5.74, 6) is -0.156. The van der Waals surface area contributed by atoms with Gasteiger partial charge in [0.15, 0.2) is 0 Å². The van der Waals surface area contributed by atoms with Gasteiger partial charge < -0.3 is 15.4 Å². The predicted molar refractivity (Wildman–Crippen MR) is 62.9 cm³/mol. The summed E-state index contributed by atoms with van der Waals surface area (Å²) in [5, 5.41) is 8.79. The van der Waals surface area contributed by atoms with E-state index in [0.29, 0.717) is 5.56 Å². The third kappa shape index (κ3) is 2.19. The molecule has 1 aromatic heterocycles. The molecule has 0 saturated carbocycles. The van der Waals surface area contributed by atoms with Gasteiger partial charge in [0.25, 0.3) is 0 Å². The summed E-state index contributed by atoms with van der Waals surface area (Å²) in [6.07, 6.45) is 3.56.